The largest absolute Gasteiger partial charge is 0.756 e. The number of ether oxygens (including phenoxy) is 2. The number of rotatable bonds is 70. The Balaban J connectivity index is 3.87. The van der Waals surface area contributed by atoms with E-state index < -0.39 is 26.5 Å². The molecule has 506 valence electrons. The minimum absolute atomic E-state index is 0.0269. The van der Waals surface area contributed by atoms with Gasteiger partial charge in [0.15, 0.2) is 6.10 Å². The van der Waals surface area contributed by atoms with E-state index in [4.69, 9.17) is 18.5 Å². The first-order valence-corrected chi connectivity index (χ1v) is 38.8. The first-order chi connectivity index (χ1) is 42.0. The van der Waals surface area contributed by atoms with Crippen molar-refractivity contribution in [2.75, 3.05) is 47.5 Å². The molecule has 0 N–H and O–H groups in total. The Hall–Kier alpha value is -2.03. The summed E-state index contributed by atoms with van der Waals surface area (Å²) in [5, 5.41) is 0. The van der Waals surface area contributed by atoms with Gasteiger partial charge in [-0.25, -0.2) is 0 Å². The molecule has 10 heteroatoms. The number of esters is 2. The molecule has 0 radical (unpaired) electrons. The minimum Gasteiger partial charge on any atom is -0.756 e. The molecule has 0 aromatic rings. The molecule has 0 bridgehead atoms. The van der Waals surface area contributed by atoms with Gasteiger partial charge < -0.3 is 27.9 Å². The lowest BCUT2D eigenvalue weighted by Gasteiger charge is -2.28. The lowest BCUT2D eigenvalue weighted by molar-refractivity contribution is -0.870. The zero-order valence-corrected chi connectivity index (χ0v) is 58.7. The predicted molar refractivity (Wildman–Crippen MR) is 370 cm³/mol. The molecule has 0 rings (SSSR count). The number of hydrogen-bond acceptors (Lipinski definition) is 8. The van der Waals surface area contributed by atoms with Crippen molar-refractivity contribution in [3.05, 3.63) is 48.6 Å². The number of quaternary nitrogens is 1. The van der Waals surface area contributed by atoms with Crippen LogP contribution >= 0.6 is 7.82 Å². The van der Waals surface area contributed by atoms with Gasteiger partial charge in [0.2, 0.25) is 0 Å². The van der Waals surface area contributed by atoms with Crippen LogP contribution in [0.1, 0.15) is 373 Å². The topological polar surface area (TPSA) is 111 Å². The van der Waals surface area contributed by atoms with E-state index in [1.165, 1.54) is 283 Å². The highest BCUT2D eigenvalue weighted by molar-refractivity contribution is 7.45. The molecule has 9 nitrogen and oxygen atoms in total. The van der Waals surface area contributed by atoms with Gasteiger partial charge in [-0.3, -0.25) is 14.2 Å². The van der Waals surface area contributed by atoms with Crippen molar-refractivity contribution < 1.29 is 42.1 Å². The van der Waals surface area contributed by atoms with Crippen molar-refractivity contribution in [1.29, 1.82) is 0 Å². The van der Waals surface area contributed by atoms with Crippen molar-refractivity contribution in [3.8, 4) is 0 Å². The number of hydrogen-bond donors (Lipinski definition) is 0. The normalized spacial score (nSPS) is 13.3. The van der Waals surface area contributed by atoms with Gasteiger partial charge in [0.25, 0.3) is 7.82 Å². The molecule has 0 aromatic carbocycles. The van der Waals surface area contributed by atoms with Gasteiger partial charge in [-0.1, -0.05) is 358 Å². The van der Waals surface area contributed by atoms with Gasteiger partial charge >= 0.3 is 11.9 Å². The maximum absolute atomic E-state index is 12.9. The van der Waals surface area contributed by atoms with Crippen molar-refractivity contribution in [2.24, 2.45) is 0 Å². The Morgan fingerprint density at radius 2 is 0.663 bits per heavy atom. The van der Waals surface area contributed by atoms with Gasteiger partial charge in [-0.05, 0) is 51.4 Å². The molecule has 2 atom stereocenters. The van der Waals surface area contributed by atoms with E-state index in [0.717, 1.165) is 57.8 Å². The van der Waals surface area contributed by atoms with E-state index in [1.54, 1.807) is 0 Å². The third kappa shape index (κ3) is 71.1. The van der Waals surface area contributed by atoms with Crippen LogP contribution in [0.25, 0.3) is 0 Å². The van der Waals surface area contributed by atoms with Crippen LogP contribution in [0.2, 0.25) is 0 Å². The second kappa shape index (κ2) is 67.4. The summed E-state index contributed by atoms with van der Waals surface area (Å²) in [4.78, 5) is 38.1. The van der Waals surface area contributed by atoms with E-state index in [0.29, 0.717) is 17.4 Å². The number of carbonyl (C=O) groups is 2. The van der Waals surface area contributed by atoms with Crippen LogP contribution in [0.4, 0.5) is 0 Å². The molecule has 86 heavy (non-hydrogen) atoms. The Labute approximate surface area is 534 Å². The minimum atomic E-state index is -4.64. The van der Waals surface area contributed by atoms with E-state index in [9.17, 15) is 19.0 Å². The fraction of sp³-hybridized carbons (Fsp3) is 0.868. The van der Waals surface area contributed by atoms with Gasteiger partial charge in [-0.15, -0.1) is 0 Å². The number of likely N-dealkylation sites (N-methyl/N-ethyl adjacent to an activating group) is 1. The number of carbonyl (C=O) groups excluding carboxylic acids is 2. The zero-order chi connectivity index (χ0) is 62.6. The van der Waals surface area contributed by atoms with Crippen molar-refractivity contribution in [1.82, 2.24) is 0 Å². The van der Waals surface area contributed by atoms with E-state index >= 15 is 0 Å². The van der Waals surface area contributed by atoms with Crippen LogP contribution in [0, 0.1) is 0 Å². The molecular weight excluding hydrogens is 1090 g/mol. The molecule has 0 aliphatic heterocycles. The molecule has 0 fully saturated rings. The Kier molecular flexibility index (Phi) is 65.8. The lowest BCUT2D eigenvalue weighted by Crippen LogP contribution is -2.37. The molecule has 0 saturated heterocycles. The summed E-state index contributed by atoms with van der Waals surface area (Å²) in [6.45, 7) is 4.20. The average molecular weight is 1230 g/mol. The second-order valence-electron chi connectivity index (χ2n) is 26.6. The molecular formula is C76H144NO8P. The van der Waals surface area contributed by atoms with Crippen molar-refractivity contribution in [3.63, 3.8) is 0 Å². The van der Waals surface area contributed by atoms with Crippen LogP contribution in [-0.2, 0) is 32.7 Å². The van der Waals surface area contributed by atoms with Gasteiger partial charge in [0.05, 0.1) is 27.7 Å². The predicted octanol–water partition coefficient (Wildman–Crippen LogP) is 23.8. The van der Waals surface area contributed by atoms with Crippen LogP contribution < -0.4 is 4.89 Å². The summed E-state index contributed by atoms with van der Waals surface area (Å²) in [7, 11) is 1.19. The first-order valence-electron chi connectivity index (χ1n) is 37.3. The maximum atomic E-state index is 12.9. The Bertz CT molecular complexity index is 1590. The van der Waals surface area contributed by atoms with Crippen LogP contribution in [-0.4, -0.2) is 70.0 Å². The Morgan fingerprint density at radius 3 is 0.988 bits per heavy atom. The number of unbranched alkanes of at least 4 members (excludes halogenated alkanes) is 48. The zero-order valence-electron chi connectivity index (χ0n) is 57.8. The van der Waals surface area contributed by atoms with Crippen molar-refractivity contribution >= 4 is 19.8 Å². The Morgan fingerprint density at radius 1 is 0.372 bits per heavy atom. The molecule has 0 aliphatic carbocycles. The standard InChI is InChI=1S/C76H144NO8P/c1-6-8-10-12-14-16-18-20-22-24-26-28-29-30-31-32-33-34-35-36-37-38-39-40-41-42-43-44-45-46-47-49-51-53-55-57-59-61-63-65-67-69-76(79)85-74(73-84-86(80,81)83-71-70-77(3,4)5)72-82-75(78)68-66-64-62-60-58-56-54-52-50-48-27-25-23-21-19-17-15-13-11-9-7-2/h8,10,14,16,20,22,26,28,74H,6-7,9,11-13,15,17-19,21,23-25,27,29-73H2,1-5H3/b10-8-,16-14-,22-20-,28-26-. The third-order valence-corrected chi connectivity index (χ3v) is 17.8. The average Bonchev–Trinajstić information content (AvgIpc) is 3.70. The highest BCUT2D eigenvalue weighted by atomic mass is 31.2. The lowest BCUT2D eigenvalue weighted by atomic mass is 10.0. The SMILES string of the molecule is CC/C=C\C/C=C\C/C=C\C/C=C\CCCCCCCCCCCCCCCCCCCCCCCCCCCCCCC(=O)OC(COC(=O)CCCCCCCCCCCCCCCCCCCCCCC)COP(=O)([O-])OCC[N+](C)(C)C. The van der Waals surface area contributed by atoms with Gasteiger partial charge in [0.1, 0.15) is 19.8 Å². The quantitative estimate of drug-likeness (QED) is 0.0195. The number of allylic oxidation sites excluding steroid dienone is 8. The van der Waals surface area contributed by atoms with Gasteiger partial charge in [0, 0.05) is 12.8 Å². The number of nitrogens with zero attached hydrogens (tertiary/aromatic N) is 1. The smallest absolute Gasteiger partial charge is 0.306 e. The fourth-order valence-corrected chi connectivity index (χ4v) is 11.9. The monoisotopic (exact) mass is 1230 g/mol. The van der Waals surface area contributed by atoms with Crippen molar-refractivity contribution in [2.45, 2.75) is 380 Å². The summed E-state index contributed by atoms with van der Waals surface area (Å²) in [5.41, 5.74) is 0. The summed E-state index contributed by atoms with van der Waals surface area (Å²) in [6, 6.07) is 0. The highest BCUT2D eigenvalue weighted by Gasteiger charge is 2.22. The first kappa shape index (κ1) is 84.0. The molecule has 0 aliphatic rings. The van der Waals surface area contributed by atoms with Crippen LogP contribution in [0.3, 0.4) is 0 Å². The maximum Gasteiger partial charge on any atom is 0.306 e. The summed E-state index contributed by atoms with van der Waals surface area (Å²) in [5.74, 6) is -0.808. The molecule has 2 unspecified atom stereocenters. The molecule has 0 aromatic heterocycles. The second-order valence-corrected chi connectivity index (χ2v) is 28.1. The number of phosphoric acid groups is 1. The summed E-state index contributed by atoms with van der Waals surface area (Å²) >= 11 is 0. The third-order valence-electron chi connectivity index (χ3n) is 16.9. The molecule has 0 saturated carbocycles. The van der Waals surface area contributed by atoms with E-state index in [1.807, 2.05) is 21.1 Å². The highest BCUT2D eigenvalue weighted by Crippen LogP contribution is 2.38. The van der Waals surface area contributed by atoms with E-state index in [2.05, 4.69) is 62.5 Å². The van der Waals surface area contributed by atoms with E-state index in [-0.39, 0.29) is 32.0 Å². The number of phosphoric ester groups is 1. The summed E-state index contributed by atoms with van der Waals surface area (Å²) in [6.07, 6.45) is 88.0. The fourth-order valence-electron chi connectivity index (χ4n) is 11.2. The van der Waals surface area contributed by atoms with Crippen LogP contribution in [0.15, 0.2) is 48.6 Å². The van der Waals surface area contributed by atoms with Gasteiger partial charge in [-0.2, -0.15) is 0 Å². The molecule has 0 amide bonds. The molecule has 0 heterocycles. The van der Waals surface area contributed by atoms with Crippen LogP contribution in [0.5, 0.6) is 0 Å². The molecule has 0 spiro atoms. The summed E-state index contributed by atoms with van der Waals surface area (Å²) < 4.78 is 34.3.